The summed E-state index contributed by atoms with van der Waals surface area (Å²) in [4.78, 5) is 40.6. The lowest BCUT2D eigenvalue weighted by atomic mass is 9.99. The van der Waals surface area contributed by atoms with Gasteiger partial charge in [-0.05, 0) is 49.4 Å². The zero-order chi connectivity index (χ0) is 22.7. The number of rotatable bonds is 7. The standard InChI is InChI=1S/C23H26N4O5/c1-16-6-4-11-25(15-16)20-10-9-17(14-21(20)27(30)31)22(28)32-13-5-12-26-19-8-3-2-7-18(19)24-23(26)29/h2-3,7-10,14,16H,4-6,11-13,15H2,1H3,(H,24,29)/t16-/m1/s1. The minimum absolute atomic E-state index is 0.0844. The van der Waals surface area contributed by atoms with Gasteiger partial charge in [-0.1, -0.05) is 19.1 Å². The number of H-pyrrole nitrogens is 1. The van der Waals surface area contributed by atoms with Gasteiger partial charge in [0, 0.05) is 25.7 Å². The molecule has 3 aromatic rings. The van der Waals surface area contributed by atoms with Crippen molar-refractivity contribution < 1.29 is 14.5 Å². The molecule has 0 bridgehead atoms. The minimum atomic E-state index is -0.613. The van der Waals surface area contributed by atoms with Crippen molar-refractivity contribution >= 4 is 28.4 Å². The second kappa shape index (κ2) is 9.25. The van der Waals surface area contributed by atoms with Gasteiger partial charge >= 0.3 is 11.7 Å². The van der Waals surface area contributed by atoms with E-state index >= 15 is 0 Å². The monoisotopic (exact) mass is 438 g/mol. The minimum Gasteiger partial charge on any atom is -0.462 e. The maximum Gasteiger partial charge on any atom is 0.338 e. The van der Waals surface area contributed by atoms with Crippen LogP contribution in [-0.2, 0) is 11.3 Å². The van der Waals surface area contributed by atoms with E-state index in [0.29, 0.717) is 24.6 Å². The lowest BCUT2D eigenvalue weighted by molar-refractivity contribution is -0.384. The number of benzene rings is 2. The Hall–Kier alpha value is -3.62. The summed E-state index contributed by atoms with van der Waals surface area (Å²) in [7, 11) is 0. The molecular formula is C23H26N4O5. The number of ether oxygens (including phenoxy) is 1. The van der Waals surface area contributed by atoms with Crippen LogP contribution in [0, 0.1) is 16.0 Å². The van der Waals surface area contributed by atoms with Crippen LogP contribution in [0.5, 0.6) is 0 Å². The van der Waals surface area contributed by atoms with E-state index in [0.717, 1.165) is 37.0 Å². The molecule has 1 aromatic heterocycles. The third-order valence-corrected chi connectivity index (χ3v) is 5.85. The Morgan fingerprint density at radius 1 is 1.28 bits per heavy atom. The number of para-hydroxylation sites is 2. The molecule has 2 aromatic carbocycles. The quantitative estimate of drug-likeness (QED) is 0.261. The van der Waals surface area contributed by atoms with E-state index in [1.54, 1.807) is 16.7 Å². The van der Waals surface area contributed by atoms with Crippen molar-refractivity contribution in [2.45, 2.75) is 32.7 Å². The molecule has 9 heteroatoms. The number of aryl methyl sites for hydroxylation is 1. The van der Waals surface area contributed by atoms with Gasteiger partial charge in [-0.15, -0.1) is 0 Å². The van der Waals surface area contributed by atoms with Crippen molar-refractivity contribution in [1.82, 2.24) is 9.55 Å². The maximum atomic E-state index is 12.5. The van der Waals surface area contributed by atoms with Gasteiger partial charge in [-0.2, -0.15) is 0 Å². The number of hydrogen-bond acceptors (Lipinski definition) is 6. The van der Waals surface area contributed by atoms with Crippen LogP contribution in [0.15, 0.2) is 47.3 Å². The highest BCUT2D eigenvalue weighted by Gasteiger charge is 2.25. The van der Waals surface area contributed by atoms with Crippen molar-refractivity contribution in [1.29, 1.82) is 0 Å². The van der Waals surface area contributed by atoms with E-state index in [1.807, 2.05) is 29.2 Å². The van der Waals surface area contributed by atoms with Crippen molar-refractivity contribution in [2.24, 2.45) is 5.92 Å². The van der Waals surface area contributed by atoms with Gasteiger partial charge in [0.1, 0.15) is 5.69 Å². The van der Waals surface area contributed by atoms with Crippen LogP contribution in [0.3, 0.4) is 0 Å². The first kappa shape index (κ1) is 21.6. The average Bonchev–Trinajstić information content (AvgIpc) is 3.11. The Labute approximate surface area is 184 Å². The normalized spacial score (nSPS) is 16.3. The molecule has 2 heterocycles. The molecule has 1 fully saturated rings. The predicted molar refractivity (Wildman–Crippen MR) is 121 cm³/mol. The largest absolute Gasteiger partial charge is 0.462 e. The third kappa shape index (κ3) is 4.51. The van der Waals surface area contributed by atoms with Crippen molar-refractivity contribution in [3.8, 4) is 0 Å². The first-order valence-electron chi connectivity index (χ1n) is 10.8. The summed E-state index contributed by atoms with van der Waals surface area (Å²) < 4.78 is 6.91. The molecule has 1 saturated heterocycles. The molecule has 1 aliphatic rings. The average molecular weight is 438 g/mol. The van der Waals surface area contributed by atoms with E-state index in [2.05, 4.69) is 11.9 Å². The number of nitro groups is 1. The molecule has 0 radical (unpaired) electrons. The molecule has 0 spiro atoms. The molecule has 0 saturated carbocycles. The van der Waals surface area contributed by atoms with Gasteiger partial charge < -0.3 is 14.6 Å². The fraction of sp³-hybridized carbons (Fsp3) is 0.391. The number of hydrogen-bond donors (Lipinski definition) is 1. The highest BCUT2D eigenvalue weighted by atomic mass is 16.6. The molecule has 1 aliphatic heterocycles. The predicted octanol–water partition coefficient (Wildman–Crippen LogP) is 3.72. The third-order valence-electron chi connectivity index (χ3n) is 5.85. The smallest absolute Gasteiger partial charge is 0.338 e. The second-order valence-corrected chi connectivity index (χ2v) is 8.24. The lowest BCUT2D eigenvalue weighted by Gasteiger charge is -2.32. The first-order chi connectivity index (χ1) is 15.4. The molecular weight excluding hydrogens is 412 g/mol. The summed E-state index contributed by atoms with van der Waals surface area (Å²) in [6.07, 6.45) is 2.54. The number of aromatic amines is 1. The molecule has 0 amide bonds. The fourth-order valence-corrected chi connectivity index (χ4v) is 4.27. The van der Waals surface area contributed by atoms with Crippen molar-refractivity contribution in [3.63, 3.8) is 0 Å². The van der Waals surface area contributed by atoms with Crippen molar-refractivity contribution in [3.05, 3.63) is 68.6 Å². The van der Waals surface area contributed by atoms with Crippen molar-refractivity contribution in [2.75, 3.05) is 24.6 Å². The highest BCUT2D eigenvalue weighted by Crippen LogP contribution is 2.32. The Bertz CT molecular complexity index is 1200. The zero-order valence-corrected chi connectivity index (χ0v) is 18.0. The molecule has 32 heavy (non-hydrogen) atoms. The van der Waals surface area contributed by atoms with Gasteiger partial charge in [0.25, 0.3) is 5.69 Å². The molecule has 1 atom stereocenters. The van der Waals surface area contributed by atoms with Gasteiger partial charge in [-0.3, -0.25) is 14.7 Å². The van der Waals surface area contributed by atoms with Crippen LogP contribution < -0.4 is 10.6 Å². The summed E-state index contributed by atoms with van der Waals surface area (Å²) in [6, 6.07) is 11.9. The lowest BCUT2D eigenvalue weighted by Crippen LogP contribution is -2.34. The Morgan fingerprint density at radius 3 is 2.88 bits per heavy atom. The number of fused-ring (bicyclic) bond motifs is 1. The van der Waals surface area contributed by atoms with Gasteiger partial charge in [0.2, 0.25) is 0 Å². The fourth-order valence-electron chi connectivity index (χ4n) is 4.27. The van der Waals surface area contributed by atoms with E-state index in [1.165, 1.54) is 6.07 Å². The molecule has 4 rings (SSSR count). The number of imidazole rings is 1. The van der Waals surface area contributed by atoms with Crippen LogP contribution in [0.25, 0.3) is 11.0 Å². The van der Waals surface area contributed by atoms with Crippen LogP contribution in [0.1, 0.15) is 36.5 Å². The van der Waals surface area contributed by atoms with Crippen LogP contribution in [0.2, 0.25) is 0 Å². The van der Waals surface area contributed by atoms with Gasteiger partial charge in [-0.25, -0.2) is 9.59 Å². The number of esters is 1. The number of aromatic nitrogens is 2. The molecule has 0 unspecified atom stereocenters. The Morgan fingerprint density at radius 2 is 2.09 bits per heavy atom. The topological polar surface area (TPSA) is 110 Å². The first-order valence-corrected chi connectivity index (χ1v) is 10.8. The highest BCUT2D eigenvalue weighted by molar-refractivity contribution is 5.91. The number of carbonyl (C=O) groups excluding carboxylic acids is 1. The van der Waals surface area contributed by atoms with E-state index in [4.69, 9.17) is 4.74 Å². The number of anilines is 1. The number of piperidine rings is 1. The summed E-state index contributed by atoms with van der Waals surface area (Å²) in [5.41, 5.74) is 1.94. The zero-order valence-electron chi connectivity index (χ0n) is 18.0. The summed E-state index contributed by atoms with van der Waals surface area (Å²) in [5, 5.41) is 11.6. The second-order valence-electron chi connectivity index (χ2n) is 8.24. The molecule has 0 aliphatic carbocycles. The maximum absolute atomic E-state index is 12.5. The molecule has 1 N–H and O–H groups in total. The van der Waals surface area contributed by atoms with E-state index in [9.17, 15) is 19.7 Å². The Kier molecular flexibility index (Phi) is 6.25. The van der Waals surface area contributed by atoms with Gasteiger partial charge in [0.15, 0.2) is 0 Å². The summed E-state index contributed by atoms with van der Waals surface area (Å²) in [5.74, 6) is -0.143. The van der Waals surface area contributed by atoms with Crippen LogP contribution in [-0.4, -0.2) is 40.1 Å². The number of nitrogens with one attached hydrogen (secondary N) is 1. The Balaban J connectivity index is 1.39. The van der Waals surface area contributed by atoms with Crippen LogP contribution in [0.4, 0.5) is 11.4 Å². The number of nitro benzene ring substituents is 1. The van der Waals surface area contributed by atoms with Gasteiger partial charge in [0.05, 0.1) is 28.1 Å². The SMILES string of the molecule is C[C@@H]1CCCN(c2ccc(C(=O)OCCCn3c(=O)[nH]c4ccccc43)cc2[N+](=O)[O-])C1. The summed E-state index contributed by atoms with van der Waals surface area (Å²) >= 11 is 0. The molecule has 9 nitrogen and oxygen atoms in total. The number of nitrogens with zero attached hydrogens (tertiary/aromatic N) is 3. The molecule has 168 valence electrons. The van der Waals surface area contributed by atoms with E-state index in [-0.39, 0.29) is 23.5 Å². The van der Waals surface area contributed by atoms with E-state index < -0.39 is 10.9 Å². The number of carbonyl (C=O) groups is 1. The summed E-state index contributed by atoms with van der Waals surface area (Å²) in [6.45, 7) is 4.15. The van der Waals surface area contributed by atoms with Crippen LogP contribution >= 0.6 is 0 Å².